The molecule has 0 fully saturated rings. The predicted molar refractivity (Wildman–Crippen MR) is 75.9 cm³/mol. The van der Waals surface area contributed by atoms with E-state index in [0.29, 0.717) is 13.0 Å². The van der Waals surface area contributed by atoms with Crippen molar-refractivity contribution in [1.29, 1.82) is 0 Å². The van der Waals surface area contributed by atoms with Crippen molar-refractivity contribution >= 4 is 17.1 Å². The fourth-order valence-electron chi connectivity index (χ4n) is 2.01. The molecule has 94 valence electrons. The Kier molecular flexibility index (Phi) is 4.67. The van der Waals surface area contributed by atoms with Crippen LogP contribution in [0.4, 0.5) is 0 Å². The van der Waals surface area contributed by atoms with E-state index in [4.69, 9.17) is 5.73 Å². The summed E-state index contributed by atoms with van der Waals surface area (Å²) in [6.45, 7) is 0.382. The van der Waals surface area contributed by atoms with E-state index in [1.807, 2.05) is 41.8 Å². The molecule has 0 amide bonds. The molecule has 0 aliphatic rings. The number of Topliss-reactive ketones (excluding diaryl/α,β-unsaturated/α-hetero) is 1. The minimum absolute atomic E-state index is 0.161. The van der Waals surface area contributed by atoms with Crippen LogP contribution in [0.25, 0.3) is 0 Å². The van der Waals surface area contributed by atoms with Crippen LogP contribution in [0.3, 0.4) is 0 Å². The molecule has 0 spiro atoms. The number of hydrogen-bond donors (Lipinski definition) is 1. The fourth-order valence-corrected chi connectivity index (χ4v) is 2.72. The summed E-state index contributed by atoms with van der Waals surface area (Å²) in [5.74, 6) is 0.0725. The predicted octanol–water partition coefficient (Wildman–Crippen LogP) is 2.99. The lowest BCUT2D eigenvalue weighted by atomic mass is 9.92. The molecular weight excluding hydrogens is 242 g/mol. The molecule has 1 heterocycles. The Bertz CT molecular complexity index is 478. The summed E-state index contributed by atoms with van der Waals surface area (Å²) in [7, 11) is 0. The van der Waals surface area contributed by atoms with Crippen LogP contribution in [-0.4, -0.2) is 12.3 Å². The molecule has 0 aliphatic carbocycles. The van der Waals surface area contributed by atoms with Crippen LogP contribution in [0.15, 0.2) is 47.8 Å². The van der Waals surface area contributed by atoms with E-state index >= 15 is 0 Å². The average molecular weight is 259 g/mol. The largest absolute Gasteiger partial charge is 0.329 e. The van der Waals surface area contributed by atoms with Crippen LogP contribution in [-0.2, 0) is 11.2 Å². The molecule has 0 radical (unpaired) electrons. The van der Waals surface area contributed by atoms with Gasteiger partial charge in [0.25, 0.3) is 0 Å². The highest BCUT2D eigenvalue weighted by molar-refractivity contribution is 7.09. The number of hydrogen-bond acceptors (Lipinski definition) is 3. The van der Waals surface area contributed by atoms with Gasteiger partial charge in [-0.3, -0.25) is 4.79 Å². The van der Waals surface area contributed by atoms with Crippen LogP contribution >= 0.6 is 11.3 Å². The molecule has 1 aromatic heterocycles. The summed E-state index contributed by atoms with van der Waals surface area (Å²) in [4.78, 5) is 13.5. The van der Waals surface area contributed by atoms with Crippen molar-refractivity contribution in [2.75, 3.05) is 6.54 Å². The van der Waals surface area contributed by atoms with Gasteiger partial charge < -0.3 is 5.73 Å². The molecule has 0 bridgehead atoms. The van der Waals surface area contributed by atoms with Crippen molar-refractivity contribution in [2.45, 2.75) is 18.8 Å². The van der Waals surface area contributed by atoms with Crippen molar-refractivity contribution in [2.24, 2.45) is 5.73 Å². The minimum Gasteiger partial charge on any atom is -0.329 e. The van der Waals surface area contributed by atoms with Crippen LogP contribution in [0.5, 0.6) is 0 Å². The van der Waals surface area contributed by atoms with E-state index in [1.54, 1.807) is 11.3 Å². The van der Waals surface area contributed by atoms with Crippen molar-refractivity contribution in [3.05, 3.63) is 58.3 Å². The Morgan fingerprint density at radius 1 is 1.17 bits per heavy atom. The zero-order valence-electron chi connectivity index (χ0n) is 10.2. The summed E-state index contributed by atoms with van der Waals surface area (Å²) in [6, 6.07) is 13.9. The fraction of sp³-hybridized carbons (Fsp3) is 0.267. The first kappa shape index (κ1) is 13.0. The van der Waals surface area contributed by atoms with Crippen molar-refractivity contribution in [3.8, 4) is 0 Å². The number of carbonyl (C=O) groups excluding carboxylic acids is 1. The van der Waals surface area contributed by atoms with E-state index in [9.17, 15) is 4.79 Å². The van der Waals surface area contributed by atoms with E-state index in [1.165, 1.54) is 4.88 Å². The van der Waals surface area contributed by atoms with Gasteiger partial charge in [-0.05, 0) is 23.4 Å². The number of carbonyl (C=O) groups is 1. The molecule has 2 nitrogen and oxygen atoms in total. The minimum atomic E-state index is -0.161. The third-order valence-electron chi connectivity index (χ3n) is 3.02. The Hall–Kier alpha value is -1.45. The monoisotopic (exact) mass is 259 g/mol. The van der Waals surface area contributed by atoms with E-state index in [-0.39, 0.29) is 11.7 Å². The van der Waals surface area contributed by atoms with E-state index in [0.717, 1.165) is 12.0 Å². The summed E-state index contributed by atoms with van der Waals surface area (Å²) in [6.07, 6.45) is 1.39. The second kappa shape index (κ2) is 6.47. The number of benzene rings is 1. The van der Waals surface area contributed by atoms with Gasteiger partial charge in [0.15, 0.2) is 0 Å². The first-order valence-corrected chi connectivity index (χ1v) is 6.99. The highest BCUT2D eigenvalue weighted by atomic mass is 32.1. The van der Waals surface area contributed by atoms with E-state index < -0.39 is 0 Å². The van der Waals surface area contributed by atoms with Gasteiger partial charge in [-0.2, -0.15) is 0 Å². The molecule has 2 rings (SSSR count). The topological polar surface area (TPSA) is 43.1 Å². The van der Waals surface area contributed by atoms with Crippen LogP contribution in [0, 0.1) is 0 Å². The van der Waals surface area contributed by atoms with Crippen molar-refractivity contribution < 1.29 is 4.79 Å². The van der Waals surface area contributed by atoms with Gasteiger partial charge in [-0.25, -0.2) is 0 Å². The molecule has 1 aromatic carbocycles. The van der Waals surface area contributed by atoms with Gasteiger partial charge >= 0.3 is 0 Å². The number of nitrogens with two attached hydrogens (primary N) is 1. The second-order valence-corrected chi connectivity index (χ2v) is 5.28. The van der Waals surface area contributed by atoms with Crippen LogP contribution < -0.4 is 5.73 Å². The molecule has 2 N–H and O–H groups in total. The van der Waals surface area contributed by atoms with Gasteiger partial charge in [0, 0.05) is 17.8 Å². The first-order chi connectivity index (χ1) is 8.81. The molecule has 1 atom stereocenters. The molecule has 18 heavy (non-hydrogen) atoms. The third-order valence-corrected chi connectivity index (χ3v) is 3.96. The summed E-state index contributed by atoms with van der Waals surface area (Å²) < 4.78 is 0. The smallest absolute Gasteiger partial charge is 0.141 e. The zero-order chi connectivity index (χ0) is 12.8. The molecule has 0 saturated heterocycles. The van der Waals surface area contributed by atoms with E-state index in [2.05, 4.69) is 6.07 Å². The first-order valence-electron chi connectivity index (χ1n) is 6.11. The van der Waals surface area contributed by atoms with Gasteiger partial charge in [-0.15, -0.1) is 11.3 Å². The lowest BCUT2D eigenvalue weighted by molar-refractivity contribution is -0.120. The highest BCUT2D eigenvalue weighted by Gasteiger charge is 2.18. The maximum atomic E-state index is 12.2. The normalized spacial score (nSPS) is 12.3. The number of rotatable bonds is 6. The van der Waals surface area contributed by atoms with Crippen LogP contribution in [0.1, 0.15) is 22.8 Å². The molecule has 0 saturated carbocycles. The SMILES string of the molecule is NCC(C(=O)CCc1cccs1)c1ccccc1. The molecule has 0 aliphatic heterocycles. The summed E-state index contributed by atoms with van der Waals surface area (Å²) in [5.41, 5.74) is 6.76. The second-order valence-electron chi connectivity index (χ2n) is 4.24. The van der Waals surface area contributed by atoms with Crippen molar-refractivity contribution in [1.82, 2.24) is 0 Å². The molecule has 3 heteroatoms. The quantitative estimate of drug-likeness (QED) is 0.866. The zero-order valence-corrected chi connectivity index (χ0v) is 11.0. The Labute approximate surface area is 111 Å². The Morgan fingerprint density at radius 3 is 2.56 bits per heavy atom. The highest BCUT2D eigenvalue weighted by Crippen LogP contribution is 2.19. The van der Waals surface area contributed by atoms with Crippen molar-refractivity contribution in [3.63, 3.8) is 0 Å². The summed E-state index contributed by atoms with van der Waals surface area (Å²) >= 11 is 1.70. The van der Waals surface area contributed by atoms with Gasteiger partial charge in [0.05, 0.1) is 5.92 Å². The molecular formula is C15H17NOS. The molecule has 2 aromatic rings. The number of ketones is 1. The third kappa shape index (κ3) is 3.28. The summed E-state index contributed by atoms with van der Waals surface area (Å²) in [5, 5.41) is 2.04. The Balaban J connectivity index is 1.98. The number of thiophene rings is 1. The van der Waals surface area contributed by atoms with Gasteiger partial charge in [-0.1, -0.05) is 36.4 Å². The number of aryl methyl sites for hydroxylation is 1. The maximum Gasteiger partial charge on any atom is 0.141 e. The average Bonchev–Trinajstić information content (AvgIpc) is 2.92. The van der Waals surface area contributed by atoms with Crippen LogP contribution in [0.2, 0.25) is 0 Å². The lowest BCUT2D eigenvalue weighted by Crippen LogP contribution is -2.21. The maximum absolute atomic E-state index is 12.2. The van der Waals surface area contributed by atoms with Gasteiger partial charge in [0.2, 0.25) is 0 Å². The molecule has 1 unspecified atom stereocenters. The van der Waals surface area contributed by atoms with Gasteiger partial charge in [0.1, 0.15) is 5.78 Å². The standard InChI is InChI=1S/C15H17NOS/c16-11-14(12-5-2-1-3-6-12)15(17)9-8-13-7-4-10-18-13/h1-7,10,14H,8-9,11,16H2. The Morgan fingerprint density at radius 2 is 1.94 bits per heavy atom. The lowest BCUT2D eigenvalue weighted by Gasteiger charge is -2.13.